The first kappa shape index (κ1) is 13.4. The molecule has 13 heavy (non-hydrogen) atoms. The normalized spacial score (nSPS) is 12.5. The molecule has 0 aliphatic rings. The van der Waals surface area contributed by atoms with Gasteiger partial charge in [0.05, 0.1) is 0 Å². The zero-order valence-corrected chi connectivity index (χ0v) is 10.9. The van der Waals surface area contributed by atoms with Gasteiger partial charge in [0.25, 0.3) is 0 Å². The molecule has 0 fully saturated rings. The van der Waals surface area contributed by atoms with Gasteiger partial charge in [-0.05, 0) is 31.1 Å². The summed E-state index contributed by atoms with van der Waals surface area (Å²) in [5.41, 5.74) is 0. The topological polar surface area (TPSA) is 3.24 Å². The Kier molecular flexibility index (Phi) is 6.99. The van der Waals surface area contributed by atoms with Crippen molar-refractivity contribution in [2.75, 3.05) is 19.6 Å². The maximum absolute atomic E-state index is 2.93. The molecule has 0 N–H and O–H groups in total. The molecule has 0 aromatic carbocycles. The van der Waals surface area contributed by atoms with E-state index in [2.05, 4.69) is 41.8 Å². The van der Waals surface area contributed by atoms with Gasteiger partial charge < -0.3 is 4.90 Å². The second-order valence-corrected chi connectivity index (χ2v) is 6.18. The minimum atomic E-state index is 0.364. The van der Waals surface area contributed by atoms with Crippen LogP contribution in [0, 0.1) is 0 Å². The second kappa shape index (κ2) is 6.79. The number of rotatable bonds is 7. The van der Waals surface area contributed by atoms with Crippen LogP contribution in [-0.4, -0.2) is 29.7 Å². The lowest BCUT2D eigenvalue weighted by Crippen LogP contribution is -2.36. The molecule has 0 saturated carbocycles. The monoisotopic (exact) mass is 203 g/mol. The molecule has 80 valence electrons. The van der Waals surface area contributed by atoms with Crippen LogP contribution in [0.5, 0.6) is 0 Å². The van der Waals surface area contributed by atoms with Crippen molar-refractivity contribution in [3.05, 3.63) is 0 Å². The van der Waals surface area contributed by atoms with Gasteiger partial charge in [0.1, 0.15) is 0 Å². The van der Waals surface area contributed by atoms with Crippen molar-refractivity contribution in [1.29, 1.82) is 0 Å². The maximum atomic E-state index is 2.93. The highest BCUT2D eigenvalue weighted by Crippen LogP contribution is 2.18. The zero-order valence-electron chi connectivity index (χ0n) is 9.77. The van der Waals surface area contributed by atoms with Crippen molar-refractivity contribution >= 4 is 9.24 Å². The molecule has 0 bridgehead atoms. The van der Waals surface area contributed by atoms with E-state index in [0.717, 1.165) is 0 Å². The average Bonchev–Trinajstić information content (AvgIpc) is 1.98. The third kappa shape index (κ3) is 8.71. The zero-order chi connectivity index (χ0) is 10.3. The molecule has 0 aliphatic carbocycles. The Morgan fingerprint density at radius 3 is 2.08 bits per heavy atom. The minimum absolute atomic E-state index is 0.364. The predicted octanol–water partition coefficient (Wildman–Crippen LogP) is 3.15. The van der Waals surface area contributed by atoms with Crippen LogP contribution in [0.25, 0.3) is 0 Å². The van der Waals surface area contributed by atoms with Crippen molar-refractivity contribution in [2.24, 2.45) is 0 Å². The molecule has 0 spiro atoms. The van der Waals surface area contributed by atoms with Gasteiger partial charge in [0.2, 0.25) is 0 Å². The Morgan fingerprint density at radius 1 is 1.08 bits per heavy atom. The Labute approximate surface area is 86.5 Å². The fraction of sp³-hybridized carbons (Fsp3) is 1.00. The molecular formula is C11H26NP. The number of hydrogen-bond acceptors (Lipinski definition) is 1. The van der Waals surface area contributed by atoms with E-state index in [1.165, 1.54) is 38.9 Å². The van der Waals surface area contributed by atoms with Crippen molar-refractivity contribution in [1.82, 2.24) is 4.90 Å². The molecular weight excluding hydrogens is 177 g/mol. The summed E-state index contributed by atoms with van der Waals surface area (Å²) >= 11 is 0. The van der Waals surface area contributed by atoms with Crippen molar-refractivity contribution in [3.63, 3.8) is 0 Å². The van der Waals surface area contributed by atoms with Crippen LogP contribution in [-0.2, 0) is 0 Å². The first-order valence-electron chi connectivity index (χ1n) is 5.51. The van der Waals surface area contributed by atoms with E-state index in [4.69, 9.17) is 0 Å². The predicted molar refractivity (Wildman–Crippen MR) is 65.4 cm³/mol. The van der Waals surface area contributed by atoms with Gasteiger partial charge in [-0.15, -0.1) is 9.24 Å². The first-order chi connectivity index (χ1) is 5.99. The summed E-state index contributed by atoms with van der Waals surface area (Å²) in [7, 11) is 2.93. The van der Waals surface area contributed by atoms with Gasteiger partial charge in [-0.2, -0.15) is 0 Å². The van der Waals surface area contributed by atoms with E-state index < -0.39 is 0 Å². The van der Waals surface area contributed by atoms with Gasteiger partial charge in [-0.25, -0.2) is 0 Å². The Morgan fingerprint density at radius 2 is 1.69 bits per heavy atom. The van der Waals surface area contributed by atoms with Crippen LogP contribution in [0.4, 0.5) is 0 Å². The standard InChI is InChI=1S/C11H26NP/c1-5-7-9-12(8-6-2)10-11(3,4)13/h5-10,13H2,1-4H3. The van der Waals surface area contributed by atoms with Crippen molar-refractivity contribution in [3.8, 4) is 0 Å². The van der Waals surface area contributed by atoms with Crippen LogP contribution in [0.3, 0.4) is 0 Å². The quantitative estimate of drug-likeness (QED) is 0.574. The molecule has 0 rings (SSSR count). The van der Waals surface area contributed by atoms with E-state index in [9.17, 15) is 0 Å². The summed E-state index contributed by atoms with van der Waals surface area (Å²) in [6.07, 6.45) is 3.91. The third-order valence-electron chi connectivity index (χ3n) is 2.00. The van der Waals surface area contributed by atoms with Gasteiger partial charge in [0, 0.05) is 6.54 Å². The maximum Gasteiger partial charge on any atom is 0.00672 e. The summed E-state index contributed by atoms with van der Waals surface area (Å²) in [4.78, 5) is 2.58. The second-order valence-electron chi connectivity index (χ2n) is 4.62. The fourth-order valence-corrected chi connectivity index (χ4v) is 1.80. The molecule has 1 unspecified atom stereocenters. The molecule has 0 radical (unpaired) electrons. The Hall–Kier alpha value is 0.390. The number of nitrogens with zero attached hydrogens (tertiary/aromatic N) is 1. The summed E-state index contributed by atoms with van der Waals surface area (Å²) < 4.78 is 0. The lowest BCUT2D eigenvalue weighted by atomic mass is 10.1. The SMILES string of the molecule is CCCCN(CCC)CC(C)(C)P. The van der Waals surface area contributed by atoms with E-state index in [0.29, 0.717) is 5.16 Å². The molecule has 0 aliphatic heterocycles. The average molecular weight is 203 g/mol. The van der Waals surface area contributed by atoms with Gasteiger partial charge in [0.15, 0.2) is 0 Å². The fourth-order valence-electron chi connectivity index (χ4n) is 1.54. The lowest BCUT2D eigenvalue weighted by molar-refractivity contribution is 0.252. The van der Waals surface area contributed by atoms with Crippen molar-refractivity contribution < 1.29 is 0 Å². The largest absolute Gasteiger partial charge is 0.302 e. The van der Waals surface area contributed by atoms with Gasteiger partial charge in [-0.3, -0.25) is 0 Å². The molecule has 0 aromatic rings. The summed E-state index contributed by atoms with van der Waals surface area (Å²) in [6.45, 7) is 12.8. The van der Waals surface area contributed by atoms with E-state index in [-0.39, 0.29) is 0 Å². The molecule has 1 nitrogen and oxygen atoms in total. The van der Waals surface area contributed by atoms with E-state index in [1.807, 2.05) is 0 Å². The third-order valence-corrected chi connectivity index (χ3v) is 2.18. The van der Waals surface area contributed by atoms with E-state index >= 15 is 0 Å². The summed E-state index contributed by atoms with van der Waals surface area (Å²) in [6, 6.07) is 0. The Bertz CT molecular complexity index is 118. The molecule has 0 heterocycles. The van der Waals surface area contributed by atoms with Crippen LogP contribution in [0.2, 0.25) is 0 Å². The molecule has 0 amide bonds. The smallest absolute Gasteiger partial charge is 0.00672 e. The van der Waals surface area contributed by atoms with Crippen LogP contribution in [0.1, 0.15) is 47.0 Å². The molecule has 1 atom stereocenters. The lowest BCUT2D eigenvalue weighted by Gasteiger charge is -2.29. The number of unbranched alkanes of at least 4 members (excludes halogenated alkanes) is 1. The van der Waals surface area contributed by atoms with Crippen LogP contribution < -0.4 is 0 Å². The Balaban J connectivity index is 3.79. The van der Waals surface area contributed by atoms with Crippen LogP contribution >= 0.6 is 9.24 Å². The highest BCUT2D eigenvalue weighted by molar-refractivity contribution is 7.18. The highest BCUT2D eigenvalue weighted by atomic mass is 31.0. The highest BCUT2D eigenvalue weighted by Gasteiger charge is 2.15. The van der Waals surface area contributed by atoms with Crippen molar-refractivity contribution in [2.45, 2.75) is 52.1 Å². The molecule has 0 aromatic heterocycles. The first-order valence-corrected chi connectivity index (χ1v) is 6.08. The van der Waals surface area contributed by atoms with Crippen LogP contribution in [0.15, 0.2) is 0 Å². The molecule has 0 saturated heterocycles. The summed E-state index contributed by atoms with van der Waals surface area (Å²) in [5, 5.41) is 0.364. The minimum Gasteiger partial charge on any atom is -0.302 e. The van der Waals surface area contributed by atoms with Gasteiger partial charge >= 0.3 is 0 Å². The van der Waals surface area contributed by atoms with E-state index in [1.54, 1.807) is 0 Å². The summed E-state index contributed by atoms with van der Waals surface area (Å²) in [5.74, 6) is 0. The number of hydrogen-bond donors (Lipinski definition) is 0. The molecule has 2 heteroatoms. The van der Waals surface area contributed by atoms with Gasteiger partial charge in [-0.1, -0.05) is 34.1 Å².